The van der Waals surface area contributed by atoms with E-state index in [1.165, 1.54) is 0 Å². The van der Waals surface area contributed by atoms with Gasteiger partial charge in [0.05, 0.1) is 0 Å². The molecule has 0 aromatic carbocycles. The zero-order valence-corrected chi connectivity index (χ0v) is 13.1. The first-order valence-electron chi connectivity index (χ1n) is 6.48. The van der Waals surface area contributed by atoms with E-state index in [9.17, 15) is 0 Å². The molecule has 0 aliphatic carbocycles. The molecule has 1 rings (SSSR count). The Morgan fingerprint density at radius 2 is 1.76 bits per heavy atom. The molecule has 1 aliphatic rings. The highest BCUT2D eigenvalue weighted by Gasteiger charge is 2.23. The maximum atomic E-state index is 5.50. The van der Waals surface area contributed by atoms with Gasteiger partial charge >= 0.3 is 0 Å². The second kappa shape index (κ2) is 10.2. The van der Waals surface area contributed by atoms with Crippen LogP contribution in [0.15, 0.2) is 0 Å². The molecule has 1 heterocycles. The average molecular weight is 259 g/mol. The van der Waals surface area contributed by atoms with Gasteiger partial charge in [0.15, 0.2) is 7.98 Å². The monoisotopic (exact) mass is 259 g/mol. The molecule has 17 heavy (non-hydrogen) atoms. The molecule has 0 aromatic heterocycles. The summed E-state index contributed by atoms with van der Waals surface area (Å²) in [5.74, 6) is 0. The topological polar surface area (TPSA) is 27.3 Å². The zero-order valence-electron chi connectivity index (χ0n) is 12.1. The first-order valence-corrected chi connectivity index (χ1v) is 6.48. The minimum absolute atomic E-state index is 0. The fraction of sp³-hybridized carbons (Fsp3) is 1.00. The van der Waals surface area contributed by atoms with Crippen LogP contribution < -0.4 is 10.5 Å². The van der Waals surface area contributed by atoms with Crippen molar-refractivity contribution in [1.82, 2.24) is 15.4 Å². The second-order valence-corrected chi connectivity index (χ2v) is 4.87. The lowest BCUT2D eigenvalue weighted by Gasteiger charge is -2.37. The molecule has 2 radical (unpaired) electrons. The first kappa shape index (κ1) is 19.6. The van der Waals surface area contributed by atoms with Gasteiger partial charge in [-0.05, 0) is 27.2 Å². The van der Waals surface area contributed by atoms with Crippen LogP contribution in [0, 0.1) is 0 Å². The Morgan fingerprint density at radius 1 is 1.29 bits per heavy atom. The van der Waals surface area contributed by atoms with E-state index in [1.54, 1.807) is 0 Å². The Kier molecular flexibility index (Phi) is 11.8. The summed E-state index contributed by atoms with van der Waals surface area (Å²) in [6, 6.07) is 0.600. The molecule has 1 aliphatic heterocycles. The standard InChI is InChI=1S/C10H22BN3.C2H6.H2S/c1-9(8-10(2,3)13-11)14-6-4-12-5-7-14;1-2;/h9,12-13H,4-8H2,1-3H3;1-2H3;1H2. The van der Waals surface area contributed by atoms with Crippen LogP contribution in [-0.4, -0.2) is 50.6 Å². The molecule has 0 aromatic rings. The average Bonchev–Trinajstić information content (AvgIpc) is 2.32. The van der Waals surface area contributed by atoms with E-state index >= 15 is 0 Å². The van der Waals surface area contributed by atoms with Gasteiger partial charge < -0.3 is 10.5 Å². The summed E-state index contributed by atoms with van der Waals surface area (Å²) in [5, 5.41) is 6.23. The van der Waals surface area contributed by atoms with Crippen molar-refractivity contribution in [3.63, 3.8) is 0 Å². The summed E-state index contributed by atoms with van der Waals surface area (Å²) in [5.41, 5.74) is 0.0320. The quantitative estimate of drug-likeness (QED) is 0.744. The molecule has 3 nitrogen and oxygen atoms in total. The van der Waals surface area contributed by atoms with Crippen molar-refractivity contribution in [2.45, 2.75) is 52.6 Å². The van der Waals surface area contributed by atoms with Crippen molar-refractivity contribution in [3.8, 4) is 0 Å². The molecule has 1 atom stereocenters. The van der Waals surface area contributed by atoms with Gasteiger partial charge in [-0.15, -0.1) is 0 Å². The molecule has 2 N–H and O–H groups in total. The van der Waals surface area contributed by atoms with E-state index in [2.05, 4.69) is 36.2 Å². The Bertz CT molecular complexity index is 173. The van der Waals surface area contributed by atoms with Gasteiger partial charge in [0.1, 0.15) is 0 Å². The highest BCUT2D eigenvalue weighted by atomic mass is 32.1. The minimum Gasteiger partial charge on any atom is -0.362 e. The van der Waals surface area contributed by atoms with Crippen LogP contribution >= 0.6 is 13.5 Å². The first-order chi connectivity index (χ1) is 7.55. The highest BCUT2D eigenvalue weighted by Crippen LogP contribution is 2.15. The van der Waals surface area contributed by atoms with Gasteiger partial charge in [-0.3, -0.25) is 4.90 Å². The molecule has 102 valence electrons. The minimum atomic E-state index is 0. The fourth-order valence-corrected chi connectivity index (χ4v) is 2.05. The lowest BCUT2D eigenvalue weighted by molar-refractivity contribution is 0.155. The molecule has 1 unspecified atom stereocenters. The zero-order chi connectivity index (χ0) is 12.6. The molecular formula is C12H30BN3S. The number of nitrogens with one attached hydrogen (secondary N) is 2. The van der Waals surface area contributed by atoms with Gasteiger partial charge in [0.2, 0.25) is 0 Å². The third-order valence-electron chi connectivity index (χ3n) is 2.97. The van der Waals surface area contributed by atoms with Gasteiger partial charge in [-0.1, -0.05) is 13.8 Å². The van der Waals surface area contributed by atoms with Crippen molar-refractivity contribution >= 4 is 21.5 Å². The number of rotatable bonds is 4. The Hall–Kier alpha value is 0.295. The van der Waals surface area contributed by atoms with Gasteiger partial charge in [0.25, 0.3) is 0 Å². The number of hydrogen-bond acceptors (Lipinski definition) is 3. The number of piperazine rings is 1. The van der Waals surface area contributed by atoms with Crippen molar-refractivity contribution in [3.05, 3.63) is 0 Å². The van der Waals surface area contributed by atoms with E-state index < -0.39 is 0 Å². The SMILES string of the molecule is CC.S.[B]NC(C)(C)CC(C)N1CCNCC1. The molecule has 1 saturated heterocycles. The third kappa shape index (κ3) is 8.08. The van der Waals surface area contributed by atoms with Gasteiger partial charge in [-0.2, -0.15) is 13.5 Å². The molecule has 0 amide bonds. The molecule has 1 fully saturated rings. The summed E-state index contributed by atoms with van der Waals surface area (Å²) in [4.78, 5) is 2.52. The molecular weight excluding hydrogens is 229 g/mol. The van der Waals surface area contributed by atoms with Crippen LogP contribution in [0.4, 0.5) is 0 Å². The van der Waals surface area contributed by atoms with Crippen LogP contribution in [0.1, 0.15) is 41.0 Å². The Labute approximate surface area is 116 Å². The normalized spacial score (nSPS) is 18.6. The molecule has 5 heteroatoms. The van der Waals surface area contributed by atoms with E-state index in [4.69, 9.17) is 7.98 Å². The summed E-state index contributed by atoms with van der Waals surface area (Å²) >= 11 is 0. The second-order valence-electron chi connectivity index (χ2n) is 4.87. The van der Waals surface area contributed by atoms with Crippen molar-refractivity contribution < 1.29 is 0 Å². The molecule has 0 saturated carbocycles. The van der Waals surface area contributed by atoms with Crippen LogP contribution in [0.3, 0.4) is 0 Å². The summed E-state index contributed by atoms with van der Waals surface area (Å²) in [7, 11) is 5.50. The maximum Gasteiger partial charge on any atom is 0.178 e. The van der Waals surface area contributed by atoms with E-state index in [0.717, 1.165) is 32.6 Å². The van der Waals surface area contributed by atoms with Crippen molar-refractivity contribution in [2.75, 3.05) is 26.2 Å². The Morgan fingerprint density at radius 3 is 2.18 bits per heavy atom. The lowest BCUT2D eigenvalue weighted by atomic mass is 9.93. The Balaban J connectivity index is 0. The summed E-state index contributed by atoms with van der Waals surface area (Å²) < 4.78 is 0. The summed E-state index contributed by atoms with van der Waals surface area (Å²) in [6.45, 7) is 15.1. The van der Waals surface area contributed by atoms with Crippen LogP contribution in [0.25, 0.3) is 0 Å². The lowest BCUT2D eigenvalue weighted by Crippen LogP contribution is -2.51. The van der Waals surface area contributed by atoms with E-state index in [1.807, 2.05) is 13.8 Å². The van der Waals surface area contributed by atoms with Gasteiger partial charge in [0, 0.05) is 37.8 Å². The smallest absolute Gasteiger partial charge is 0.178 e. The number of nitrogens with zero attached hydrogens (tertiary/aromatic N) is 1. The third-order valence-corrected chi connectivity index (χ3v) is 2.97. The van der Waals surface area contributed by atoms with Crippen LogP contribution in [0.2, 0.25) is 0 Å². The van der Waals surface area contributed by atoms with Crippen molar-refractivity contribution in [2.24, 2.45) is 0 Å². The summed E-state index contributed by atoms with van der Waals surface area (Å²) in [6.07, 6.45) is 1.09. The van der Waals surface area contributed by atoms with Gasteiger partial charge in [-0.25, -0.2) is 0 Å². The van der Waals surface area contributed by atoms with Crippen LogP contribution in [0.5, 0.6) is 0 Å². The molecule has 0 spiro atoms. The van der Waals surface area contributed by atoms with E-state index in [-0.39, 0.29) is 19.0 Å². The maximum absolute atomic E-state index is 5.50. The van der Waals surface area contributed by atoms with Crippen molar-refractivity contribution in [1.29, 1.82) is 0 Å². The van der Waals surface area contributed by atoms with Crippen LogP contribution in [-0.2, 0) is 0 Å². The predicted molar refractivity (Wildman–Crippen MR) is 83.2 cm³/mol. The molecule has 0 bridgehead atoms. The predicted octanol–water partition coefficient (Wildman–Crippen LogP) is 1.26. The largest absolute Gasteiger partial charge is 0.362 e. The fourth-order valence-electron chi connectivity index (χ4n) is 2.05. The number of hydrogen-bond donors (Lipinski definition) is 2. The van der Waals surface area contributed by atoms with E-state index in [0.29, 0.717) is 6.04 Å². The highest BCUT2D eigenvalue weighted by molar-refractivity contribution is 7.59.